The van der Waals surface area contributed by atoms with Crippen molar-refractivity contribution in [1.29, 1.82) is 0 Å². The van der Waals surface area contributed by atoms with Crippen LogP contribution in [0, 0.1) is 20.8 Å². The minimum atomic E-state index is -1.73. The van der Waals surface area contributed by atoms with Crippen molar-refractivity contribution in [2.75, 3.05) is 0 Å². The van der Waals surface area contributed by atoms with Crippen LogP contribution in [0.1, 0.15) is 30.7 Å². The summed E-state index contributed by atoms with van der Waals surface area (Å²) >= 11 is 0. The summed E-state index contributed by atoms with van der Waals surface area (Å²) in [6.07, 6.45) is 0.117. The molecule has 0 bridgehead atoms. The number of hydrogen-bond donors (Lipinski definition) is 0. The second-order valence-electron chi connectivity index (χ2n) is 9.02. The van der Waals surface area contributed by atoms with Gasteiger partial charge in [0.2, 0.25) is 0 Å². The van der Waals surface area contributed by atoms with Crippen LogP contribution in [0.5, 0.6) is 0 Å². The Kier molecular flexibility index (Phi) is 4.65. The van der Waals surface area contributed by atoms with Crippen molar-refractivity contribution in [2.45, 2.75) is 27.1 Å². The molecule has 0 saturated heterocycles. The van der Waals surface area contributed by atoms with Gasteiger partial charge in [0, 0.05) is 32.0 Å². The maximum Gasteiger partial charge on any atom is 0.153 e. The number of nitrogens with zero attached hydrogens (tertiary/aromatic N) is 2. The summed E-state index contributed by atoms with van der Waals surface area (Å²) in [6, 6.07) is 27.2. The van der Waals surface area contributed by atoms with Crippen LogP contribution >= 0.6 is 0 Å². The van der Waals surface area contributed by atoms with Gasteiger partial charge in [-0.15, -0.1) is 0 Å². The van der Waals surface area contributed by atoms with E-state index in [1.165, 1.54) is 22.3 Å². The molecule has 3 nitrogen and oxygen atoms in total. The van der Waals surface area contributed by atoms with Crippen LogP contribution < -0.4 is 0 Å². The molecule has 0 spiro atoms. The molecule has 3 aromatic heterocycles. The van der Waals surface area contributed by atoms with E-state index in [0.29, 0.717) is 27.9 Å². The van der Waals surface area contributed by atoms with E-state index in [9.17, 15) is 0 Å². The Morgan fingerprint density at radius 1 is 0.829 bits per heavy atom. The normalized spacial score (nSPS) is 12.7. The first kappa shape index (κ1) is 19.1. The second kappa shape index (κ2) is 8.52. The van der Waals surface area contributed by atoms with Crippen LogP contribution in [0.15, 0.2) is 95.5 Å². The number of rotatable bonds is 4. The van der Waals surface area contributed by atoms with Crippen LogP contribution in [-0.2, 0) is 6.37 Å². The summed E-state index contributed by atoms with van der Waals surface area (Å²) in [5.74, 6) is 0. The minimum Gasteiger partial charge on any atom is -0.454 e. The van der Waals surface area contributed by atoms with Gasteiger partial charge in [0.15, 0.2) is 5.58 Å². The molecule has 6 aromatic rings. The molecule has 0 saturated carbocycles. The zero-order valence-corrected chi connectivity index (χ0v) is 20.0. The first-order chi connectivity index (χ1) is 17.8. The van der Waals surface area contributed by atoms with Crippen molar-refractivity contribution in [3.63, 3.8) is 0 Å². The fourth-order valence-corrected chi connectivity index (χ4v) is 4.97. The predicted molar refractivity (Wildman–Crippen MR) is 144 cm³/mol. The SMILES string of the molecule is [2H]C([2H])(c1ccccc1)c1ccc2oc3c(-c4cc(-c5c(C)cc(C)cc5C)ccn4)cccc3c2n1. The molecule has 0 N–H and O–H groups in total. The number of pyridine rings is 2. The second-order valence-corrected chi connectivity index (χ2v) is 9.02. The zero-order valence-electron chi connectivity index (χ0n) is 22.0. The number of aromatic nitrogens is 2. The molecule has 0 aliphatic carbocycles. The molecular formula is C32H26N2O. The summed E-state index contributed by atoms with van der Waals surface area (Å²) in [5, 5.41) is 0.841. The van der Waals surface area contributed by atoms with Gasteiger partial charge in [-0.2, -0.15) is 0 Å². The van der Waals surface area contributed by atoms with Crippen molar-refractivity contribution < 1.29 is 7.16 Å². The van der Waals surface area contributed by atoms with Crippen LogP contribution in [0.25, 0.3) is 44.5 Å². The Labute approximate surface area is 207 Å². The third kappa shape index (κ3) is 3.89. The molecule has 0 amide bonds. The smallest absolute Gasteiger partial charge is 0.153 e. The van der Waals surface area contributed by atoms with Gasteiger partial charge in [-0.3, -0.25) is 4.98 Å². The number of hydrogen-bond acceptors (Lipinski definition) is 3. The topological polar surface area (TPSA) is 38.9 Å². The summed E-state index contributed by atoms with van der Waals surface area (Å²) in [5.41, 5.74) is 10.7. The number of fused-ring (bicyclic) bond motifs is 3. The van der Waals surface area contributed by atoms with Crippen LogP contribution in [-0.4, -0.2) is 9.97 Å². The van der Waals surface area contributed by atoms with Gasteiger partial charge >= 0.3 is 0 Å². The highest BCUT2D eigenvalue weighted by molar-refractivity contribution is 6.07. The lowest BCUT2D eigenvalue weighted by atomic mass is 9.93. The molecule has 3 heterocycles. The number of furan rings is 1. The number of benzene rings is 3. The molecule has 0 radical (unpaired) electrons. The average molecular weight is 457 g/mol. The van der Waals surface area contributed by atoms with E-state index in [-0.39, 0.29) is 0 Å². The predicted octanol–water partition coefficient (Wildman–Crippen LogP) is 8.23. The summed E-state index contributed by atoms with van der Waals surface area (Å²) in [4.78, 5) is 9.44. The van der Waals surface area contributed by atoms with Crippen molar-refractivity contribution >= 4 is 22.1 Å². The van der Waals surface area contributed by atoms with Gasteiger partial charge in [-0.1, -0.05) is 54.1 Å². The first-order valence-electron chi connectivity index (χ1n) is 12.8. The van der Waals surface area contributed by atoms with Gasteiger partial charge < -0.3 is 4.42 Å². The Hall–Kier alpha value is -4.24. The molecule has 3 aromatic carbocycles. The summed E-state index contributed by atoms with van der Waals surface area (Å²) < 4.78 is 23.8. The van der Waals surface area contributed by atoms with Gasteiger partial charge in [0.1, 0.15) is 11.1 Å². The molecule has 3 heteroatoms. The average Bonchev–Trinajstić information content (AvgIpc) is 3.27. The van der Waals surface area contributed by atoms with Crippen LogP contribution in [0.2, 0.25) is 0 Å². The van der Waals surface area contributed by atoms with E-state index in [4.69, 9.17) is 12.1 Å². The van der Waals surface area contributed by atoms with E-state index in [0.717, 1.165) is 22.2 Å². The lowest BCUT2D eigenvalue weighted by Gasteiger charge is -2.12. The third-order valence-corrected chi connectivity index (χ3v) is 6.39. The molecule has 170 valence electrons. The van der Waals surface area contributed by atoms with Crippen molar-refractivity contribution in [2.24, 2.45) is 0 Å². The molecule has 0 atom stereocenters. The van der Waals surface area contributed by atoms with Gasteiger partial charge in [0.25, 0.3) is 0 Å². The van der Waals surface area contributed by atoms with E-state index < -0.39 is 6.37 Å². The lowest BCUT2D eigenvalue weighted by molar-refractivity contribution is 0.668. The van der Waals surface area contributed by atoms with E-state index >= 15 is 0 Å². The molecule has 0 fully saturated rings. The molecular weight excluding hydrogens is 428 g/mol. The van der Waals surface area contributed by atoms with Crippen molar-refractivity contribution in [3.05, 3.63) is 119 Å². The maximum absolute atomic E-state index is 8.74. The lowest BCUT2D eigenvalue weighted by Crippen LogP contribution is -1.92. The van der Waals surface area contributed by atoms with Gasteiger partial charge in [-0.25, -0.2) is 4.98 Å². The molecule has 0 aliphatic rings. The van der Waals surface area contributed by atoms with Crippen molar-refractivity contribution in [3.8, 4) is 22.4 Å². The summed E-state index contributed by atoms with van der Waals surface area (Å²) in [7, 11) is 0. The zero-order chi connectivity index (χ0) is 25.7. The highest BCUT2D eigenvalue weighted by Crippen LogP contribution is 2.36. The Morgan fingerprint density at radius 3 is 2.43 bits per heavy atom. The van der Waals surface area contributed by atoms with Gasteiger partial charge in [-0.05, 0) is 85.0 Å². The first-order valence-corrected chi connectivity index (χ1v) is 11.8. The molecule has 0 aliphatic heterocycles. The highest BCUT2D eigenvalue weighted by Gasteiger charge is 2.16. The Balaban J connectivity index is 1.49. The fourth-order valence-electron chi connectivity index (χ4n) is 4.97. The quantitative estimate of drug-likeness (QED) is 0.268. The Bertz CT molecular complexity index is 1770. The molecule has 35 heavy (non-hydrogen) atoms. The third-order valence-electron chi connectivity index (χ3n) is 6.39. The van der Waals surface area contributed by atoms with Crippen LogP contribution in [0.3, 0.4) is 0 Å². The minimum absolute atomic E-state index is 0.352. The Morgan fingerprint density at radius 2 is 1.63 bits per heavy atom. The van der Waals surface area contributed by atoms with E-state index in [1.807, 2.05) is 54.7 Å². The van der Waals surface area contributed by atoms with E-state index in [2.05, 4.69) is 44.0 Å². The van der Waals surface area contributed by atoms with Crippen molar-refractivity contribution in [1.82, 2.24) is 9.97 Å². The molecule has 0 unspecified atom stereocenters. The monoisotopic (exact) mass is 456 g/mol. The summed E-state index contributed by atoms with van der Waals surface area (Å²) in [6.45, 7) is 6.41. The number of aryl methyl sites for hydroxylation is 3. The van der Waals surface area contributed by atoms with Crippen LogP contribution in [0.4, 0.5) is 0 Å². The number of para-hydroxylation sites is 1. The largest absolute Gasteiger partial charge is 0.454 e. The fraction of sp³-hybridized carbons (Fsp3) is 0.125. The standard InChI is InChI=1S/C32H26N2O/c1-20-16-21(2)30(22(3)17-20)24-14-15-33-28(19-24)26-10-7-11-27-31-29(35-32(26)27)13-12-25(34-31)18-23-8-5-4-6-9-23/h4-17,19H,18H2,1-3H3/i18D2. The molecule has 6 rings (SSSR count). The highest BCUT2D eigenvalue weighted by atomic mass is 16.3. The van der Waals surface area contributed by atoms with E-state index in [1.54, 1.807) is 18.2 Å². The van der Waals surface area contributed by atoms with Gasteiger partial charge in [0.05, 0.1) is 5.69 Å². The maximum atomic E-state index is 8.74.